The molecule has 1 saturated carbocycles. The normalized spacial score (nSPS) is 28.9. The smallest absolute Gasteiger partial charge is 0.238 e. The summed E-state index contributed by atoms with van der Waals surface area (Å²) in [7, 11) is 0. The predicted molar refractivity (Wildman–Crippen MR) is 184 cm³/mol. The van der Waals surface area contributed by atoms with Crippen LogP contribution in [0.15, 0.2) is 133 Å². The Balaban J connectivity index is 1.14. The number of rotatable bonds is 3. The van der Waals surface area contributed by atoms with Gasteiger partial charge in [-0.15, -0.1) is 0 Å². The number of nitrogens with zero attached hydrogens (tertiary/aromatic N) is 2. The molecule has 4 amide bonds. The fourth-order valence-corrected chi connectivity index (χ4v) is 9.80. The summed E-state index contributed by atoms with van der Waals surface area (Å²) in [6.45, 7) is 0. The molecular weight excluding hydrogens is 596 g/mol. The van der Waals surface area contributed by atoms with Crippen molar-refractivity contribution in [2.45, 2.75) is 6.42 Å². The highest BCUT2D eigenvalue weighted by atomic mass is 16.2. The average Bonchev–Trinajstić information content (AvgIpc) is 3.56. The molecule has 11 rings (SSSR count). The van der Waals surface area contributed by atoms with Gasteiger partial charge in [-0.1, -0.05) is 121 Å². The van der Waals surface area contributed by atoms with Crippen LogP contribution in [-0.4, -0.2) is 23.6 Å². The standard InChI is InChI=1S/C42H30N2O4/c45-39-31-22-30(25-10-2-1-3-11-25)34-28-20-21-29(35(34)38(31)42(48)43(39)32-18-8-14-23-12-4-6-16-26(23)32)37-36(28)40(46)44(41(37)47)33-19-9-15-24-13-5-7-17-27(24)33/h1-21,28-29,31,35-38H,22H2/t28-,29-,31-,35+,36-,37+,38-/m1/s1. The van der Waals surface area contributed by atoms with Crippen LogP contribution in [-0.2, 0) is 19.2 Å². The molecule has 0 aromatic heterocycles. The van der Waals surface area contributed by atoms with E-state index in [1.165, 1.54) is 9.80 Å². The summed E-state index contributed by atoms with van der Waals surface area (Å²) in [5, 5.41) is 3.62. The number of carbonyl (C=O) groups is 4. The second-order valence-corrected chi connectivity index (χ2v) is 13.7. The van der Waals surface area contributed by atoms with Gasteiger partial charge < -0.3 is 0 Å². The Kier molecular flexibility index (Phi) is 5.69. The third-order valence-electron chi connectivity index (χ3n) is 11.6. The summed E-state index contributed by atoms with van der Waals surface area (Å²) >= 11 is 0. The predicted octanol–water partition coefficient (Wildman–Crippen LogP) is 7.19. The summed E-state index contributed by atoms with van der Waals surface area (Å²) < 4.78 is 0. The van der Waals surface area contributed by atoms with Crippen molar-refractivity contribution in [3.8, 4) is 0 Å². The van der Waals surface area contributed by atoms with Crippen molar-refractivity contribution < 1.29 is 19.2 Å². The molecule has 0 radical (unpaired) electrons. The average molecular weight is 627 g/mol. The Labute approximate surface area is 277 Å². The van der Waals surface area contributed by atoms with Gasteiger partial charge in [-0.05, 0) is 46.4 Å². The number of carbonyl (C=O) groups excluding carboxylic acids is 4. The van der Waals surface area contributed by atoms with Gasteiger partial charge in [0, 0.05) is 22.6 Å². The quantitative estimate of drug-likeness (QED) is 0.157. The van der Waals surface area contributed by atoms with Crippen LogP contribution < -0.4 is 9.80 Å². The van der Waals surface area contributed by atoms with Gasteiger partial charge in [0.1, 0.15) is 0 Å². The highest BCUT2D eigenvalue weighted by Gasteiger charge is 2.67. The van der Waals surface area contributed by atoms with E-state index in [0.29, 0.717) is 17.8 Å². The third kappa shape index (κ3) is 3.52. The molecule has 7 atom stereocenters. The Morgan fingerprint density at radius 3 is 1.69 bits per heavy atom. The zero-order chi connectivity index (χ0) is 32.3. The molecule has 5 aromatic rings. The van der Waals surface area contributed by atoms with Gasteiger partial charge in [-0.25, -0.2) is 9.80 Å². The highest BCUT2D eigenvalue weighted by molar-refractivity contribution is 6.27. The molecule has 48 heavy (non-hydrogen) atoms. The number of allylic oxidation sites excluding steroid dienone is 4. The highest BCUT2D eigenvalue weighted by Crippen LogP contribution is 2.63. The molecule has 4 aliphatic carbocycles. The maximum atomic E-state index is 14.7. The SMILES string of the molecule is O=C1[C@H]2[C@@H]3C=C[C@H](C4=C(c5ccccc5)C[C@H]5C(=O)N(c6cccc7ccccc67)C(=O)[C@H]5[C@H]43)[C@H]2C(=O)N1c1cccc2ccccc12. The van der Waals surface area contributed by atoms with Crippen LogP contribution in [0, 0.1) is 41.4 Å². The van der Waals surface area contributed by atoms with Crippen LogP contribution in [0.5, 0.6) is 0 Å². The molecule has 6 heteroatoms. The van der Waals surface area contributed by atoms with Crippen LogP contribution in [0.2, 0.25) is 0 Å². The van der Waals surface area contributed by atoms with Gasteiger partial charge in [-0.2, -0.15) is 0 Å². The first-order valence-corrected chi connectivity index (χ1v) is 16.7. The molecule has 0 unspecified atom stereocenters. The summed E-state index contributed by atoms with van der Waals surface area (Å²) in [5.41, 5.74) is 4.29. The van der Waals surface area contributed by atoms with Crippen molar-refractivity contribution in [2.75, 3.05) is 9.80 Å². The van der Waals surface area contributed by atoms with E-state index in [1.54, 1.807) is 0 Å². The Morgan fingerprint density at radius 1 is 0.479 bits per heavy atom. The van der Waals surface area contributed by atoms with Crippen LogP contribution in [0.3, 0.4) is 0 Å². The van der Waals surface area contributed by atoms with Gasteiger partial charge in [0.2, 0.25) is 23.6 Å². The third-order valence-corrected chi connectivity index (χ3v) is 11.6. The number of imide groups is 2. The summed E-state index contributed by atoms with van der Waals surface area (Å²) in [5.74, 6) is -4.25. The molecule has 2 bridgehead atoms. The van der Waals surface area contributed by atoms with Gasteiger partial charge >= 0.3 is 0 Å². The van der Waals surface area contributed by atoms with E-state index in [4.69, 9.17) is 0 Å². The molecule has 6 aliphatic rings. The van der Waals surface area contributed by atoms with Crippen LogP contribution >= 0.6 is 0 Å². The molecule has 2 heterocycles. The monoisotopic (exact) mass is 626 g/mol. The fourth-order valence-electron chi connectivity index (χ4n) is 9.80. The lowest BCUT2D eigenvalue weighted by Crippen LogP contribution is -2.51. The molecule has 0 spiro atoms. The van der Waals surface area contributed by atoms with Crippen molar-refractivity contribution in [1.29, 1.82) is 0 Å². The Morgan fingerprint density at radius 2 is 1.02 bits per heavy atom. The molecule has 0 N–H and O–H groups in total. The lowest BCUT2D eigenvalue weighted by Gasteiger charge is -2.51. The number of hydrogen-bond donors (Lipinski definition) is 0. The maximum Gasteiger partial charge on any atom is 0.238 e. The van der Waals surface area contributed by atoms with E-state index in [-0.39, 0.29) is 41.4 Å². The summed E-state index contributed by atoms with van der Waals surface area (Å²) in [6.07, 6.45) is 4.58. The number of amides is 4. The summed E-state index contributed by atoms with van der Waals surface area (Å²) in [6, 6.07) is 37.1. The molecule has 232 valence electrons. The van der Waals surface area contributed by atoms with Gasteiger partial charge in [0.15, 0.2) is 0 Å². The Hall–Kier alpha value is -5.62. The number of hydrogen-bond acceptors (Lipinski definition) is 4. The van der Waals surface area contributed by atoms with E-state index < -0.39 is 23.7 Å². The molecule has 2 aliphatic heterocycles. The first kappa shape index (κ1) is 27.5. The first-order valence-electron chi connectivity index (χ1n) is 16.7. The van der Waals surface area contributed by atoms with E-state index >= 15 is 0 Å². The largest absolute Gasteiger partial charge is 0.274 e. The number of anilines is 2. The van der Waals surface area contributed by atoms with Crippen LogP contribution in [0.1, 0.15) is 12.0 Å². The lowest BCUT2D eigenvalue weighted by molar-refractivity contribution is -0.129. The van der Waals surface area contributed by atoms with Crippen LogP contribution in [0.4, 0.5) is 11.4 Å². The Bertz CT molecular complexity index is 2310. The first-order chi connectivity index (χ1) is 23.5. The summed E-state index contributed by atoms with van der Waals surface area (Å²) in [4.78, 5) is 61.2. The van der Waals surface area contributed by atoms with E-state index in [2.05, 4.69) is 24.3 Å². The van der Waals surface area contributed by atoms with E-state index in [1.807, 2.05) is 103 Å². The second-order valence-electron chi connectivity index (χ2n) is 13.7. The van der Waals surface area contributed by atoms with Crippen molar-refractivity contribution in [3.63, 3.8) is 0 Å². The molecular formula is C42H30N2O4. The van der Waals surface area contributed by atoms with Crippen molar-refractivity contribution in [1.82, 2.24) is 0 Å². The van der Waals surface area contributed by atoms with Crippen molar-refractivity contribution in [3.05, 3.63) is 139 Å². The van der Waals surface area contributed by atoms with Crippen molar-refractivity contribution >= 4 is 62.1 Å². The minimum atomic E-state index is -0.619. The second kappa shape index (κ2) is 9.94. The van der Waals surface area contributed by atoms with Gasteiger partial charge in [-0.3, -0.25) is 19.2 Å². The van der Waals surface area contributed by atoms with Gasteiger partial charge in [0.05, 0.1) is 35.0 Å². The maximum absolute atomic E-state index is 14.7. The van der Waals surface area contributed by atoms with E-state index in [0.717, 1.165) is 38.3 Å². The molecule has 5 aromatic carbocycles. The lowest BCUT2D eigenvalue weighted by atomic mass is 9.49. The number of benzene rings is 5. The van der Waals surface area contributed by atoms with Crippen molar-refractivity contribution in [2.24, 2.45) is 41.4 Å². The van der Waals surface area contributed by atoms with E-state index in [9.17, 15) is 19.2 Å². The van der Waals surface area contributed by atoms with Gasteiger partial charge in [0.25, 0.3) is 0 Å². The molecule has 6 nitrogen and oxygen atoms in total. The topological polar surface area (TPSA) is 74.8 Å². The minimum Gasteiger partial charge on any atom is -0.274 e. The zero-order valence-electron chi connectivity index (χ0n) is 25.9. The molecule has 2 saturated heterocycles. The fraction of sp³-hybridized carbons (Fsp3) is 0.190. The molecule has 3 fully saturated rings. The minimum absolute atomic E-state index is 0.188. The number of fused-ring (bicyclic) bond motifs is 3. The van der Waals surface area contributed by atoms with Crippen LogP contribution in [0.25, 0.3) is 27.1 Å². The zero-order valence-corrected chi connectivity index (χ0v) is 25.9.